The van der Waals surface area contributed by atoms with Crippen LogP contribution in [0.15, 0.2) is 12.2 Å². The molecule has 62 valence electrons. The average Bonchev–Trinajstić information content (AvgIpc) is 2.08. The fourth-order valence-corrected chi connectivity index (χ4v) is 3.56. The molecular formula is C8H14O2Si. The molecule has 1 aliphatic rings. The molecule has 0 spiro atoms. The summed E-state index contributed by atoms with van der Waals surface area (Å²) in [5.74, 6) is -0.0610. The molecule has 0 aromatic carbocycles. The first-order chi connectivity index (χ1) is 4.93. The number of ether oxygens (including phenoxy) is 1. The van der Waals surface area contributed by atoms with Gasteiger partial charge in [0.15, 0.2) is 0 Å². The minimum atomic E-state index is -1.42. The number of carbonyl (C=O) groups excluding carboxylic acids is 1. The SMILES string of the molecule is C=C1COC(=O)C1[Si](C)(C)C. The quantitative estimate of drug-likeness (QED) is 0.341. The fourth-order valence-electron chi connectivity index (χ4n) is 1.46. The van der Waals surface area contributed by atoms with E-state index in [1.54, 1.807) is 0 Å². The van der Waals surface area contributed by atoms with E-state index in [4.69, 9.17) is 4.74 Å². The van der Waals surface area contributed by atoms with Crippen molar-refractivity contribution < 1.29 is 9.53 Å². The Labute approximate surface area is 68.3 Å². The van der Waals surface area contributed by atoms with Crippen molar-refractivity contribution in [2.45, 2.75) is 25.2 Å². The first kappa shape index (κ1) is 8.52. The first-order valence-corrected chi connectivity index (χ1v) is 7.35. The second-order valence-electron chi connectivity index (χ2n) is 4.06. The lowest BCUT2D eigenvalue weighted by Crippen LogP contribution is -2.31. The normalized spacial score (nSPS) is 25.5. The molecule has 1 aliphatic heterocycles. The Kier molecular flexibility index (Phi) is 1.92. The van der Waals surface area contributed by atoms with Gasteiger partial charge in [0.1, 0.15) is 6.61 Å². The largest absolute Gasteiger partial charge is 0.461 e. The van der Waals surface area contributed by atoms with Crippen LogP contribution in [-0.4, -0.2) is 20.7 Å². The van der Waals surface area contributed by atoms with Gasteiger partial charge in [-0.1, -0.05) is 26.2 Å². The molecule has 1 fully saturated rings. The molecule has 0 amide bonds. The van der Waals surface area contributed by atoms with Crippen LogP contribution in [0.1, 0.15) is 0 Å². The van der Waals surface area contributed by atoms with Crippen molar-refractivity contribution in [2.24, 2.45) is 0 Å². The lowest BCUT2D eigenvalue weighted by molar-refractivity contribution is -0.138. The summed E-state index contributed by atoms with van der Waals surface area (Å²) in [7, 11) is -1.42. The van der Waals surface area contributed by atoms with Crippen LogP contribution in [0, 0.1) is 0 Å². The van der Waals surface area contributed by atoms with Crippen LogP contribution in [0.3, 0.4) is 0 Å². The molecule has 1 atom stereocenters. The van der Waals surface area contributed by atoms with Crippen molar-refractivity contribution in [3.8, 4) is 0 Å². The summed E-state index contributed by atoms with van der Waals surface area (Å²) in [4.78, 5) is 11.2. The van der Waals surface area contributed by atoms with Gasteiger partial charge in [-0.2, -0.15) is 0 Å². The summed E-state index contributed by atoms with van der Waals surface area (Å²) in [6, 6.07) is 0. The van der Waals surface area contributed by atoms with Crippen LogP contribution in [0.2, 0.25) is 25.2 Å². The van der Waals surface area contributed by atoms with Crippen molar-refractivity contribution in [1.29, 1.82) is 0 Å². The molecule has 11 heavy (non-hydrogen) atoms. The van der Waals surface area contributed by atoms with Gasteiger partial charge in [-0.25, -0.2) is 0 Å². The zero-order valence-electron chi connectivity index (χ0n) is 7.31. The molecule has 0 saturated carbocycles. The van der Waals surface area contributed by atoms with Gasteiger partial charge in [0.2, 0.25) is 0 Å². The van der Waals surface area contributed by atoms with Gasteiger partial charge in [0.25, 0.3) is 0 Å². The molecule has 0 aliphatic carbocycles. The molecule has 0 radical (unpaired) electrons. The van der Waals surface area contributed by atoms with Gasteiger partial charge >= 0.3 is 5.97 Å². The Hall–Kier alpha value is -0.573. The monoisotopic (exact) mass is 170 g/mol. The third-order valence-corrected chi connectivity index (χ3v) is 4.29. The third kappa shape index (κ3) is 1.53. The van der Waals surface area contributed by atoms with Crippen LogP contribution in [0.4, 0.5) is 0 Å². The molecule has 0 N–H and O–H groups in total. The lowest BCUT2D eigenvalue weighted by atomic mass is 10.3. The Bertz CT molecular complexity index is 187. The minimum absolute atomic E-state index is 0.0301. The molecule has 0 aromatic rings. The van der Waals surface area contributed by atoms with Crippen LogP contribution in [0.5, 0.6) is 0 Å². The number of rotatable bonds is 1. The number of hydrogen-bond donors (Lipinski definition) is 0. The molecule has 0 aromatic heterocycles. The highest BCUT2D eigenvalue weighted by Crippen LogP contribution is 2.34. The van der Waals surface area contributed by atoms with Crippen LogP contribution >= 0.6 is 0 Å². The maximum absolute atomic E-state index is 11.2. The Balaban J connectivity index is 2.85. The molecule has 1 heterocycles. The van der Waals surface area contributed by atoms with Gasteiger partial charge in [0.05, 0.1) is 13.6 Å². The third-order valence-electron chi connectivity index (χ3n) is 1.91. The van der Waals surface area contributed by atoms with E-state index in [1.165, 1.54) is 0 Å². The Morgan fingerprint density at radius 3 is 2.27 bits per heavy atom. The molecule has 2 nitrogen and oxygen atoms in total. The summed E-state index contributed by atoms with van der Waals surface area (Å²) in [6.45, 7) is 10.8. The first-order valence-electron chi connectivity index (χ1n) is 3.77. The van der Waals surface area contributed by atoms with E-state index in [-0.39, 0.29) is 11.5 Å². The van der Waals surface area contributed by atoms with Crippen molar-refractivity contribution >= 4 is 14.0 Å². The van der Waals surface area contributed by atoms with Crippen molar-refractivity contribution in [2.75, 3.05) is 6.61 Å². The lowest BCUT2D eigenvalue weighted by Gasteiger charge is -2.21. The van der Waals surface area contributed by atoms with E-state index in [9.17, 15) is 4.79 Å². The Morgan fingerprint density at radius 2 is 2.09 bits per heavy atom. The minimum Gasteiger partial charge on any atom is -0.461 e. The Morgan fingerprint density at radius 1 is 1.55 bits per heavy atom. The standard InChI is InChI=1S/C8H14O2Si/c1-6-5-10-8(9)7(6)11(2,3)4/h7H,1,5H2,2-4H3. The van der Waals surface area contributed by atoms with E-state index in [2.05, 4.69) is 26.2 Å². The maximum Gasteiger partial charge on any atom is 0.310 e. The second-order valence-corrected chi connectivity index (χ2v) is 9.37. The summed E-state index contributed by atoms with van der Waals surface area (Å²) in [5, 5.41) is 0. The second kappa shape index (κ2) is 2.48. The number of esters is 1. The van der Waals surface area contributed by atoms with Crippen molar-refractivity contribution in [3.63, 3.8) is 0 Å². The zero-order valence-corrected chi connectivity index (χ0v) is 8.31. The highest BCUT2D eigenvalue weighted by Gasteiger charge is 2.40. The predicted molar refractivity (Wildman–Crippen MR) is 47.2 cm³/mol. The fraction of sp³-hybridized carbons (Fsp3) is 0.625. The predicted octanol–water partition coefficient (Wildman–Crippen LogP) is 1.81. The van der Waals surface area contributed by atoms with Crippen molar-refractivity contribution in [1.82, 2.24) is 0 Å². The summed E-state index contributed by atoms with van der Waals surface area (Å²) >= 11 is 0. The molecule has 3 heteroatoms. The smallest absolute Gasteiger partial charge is 0.310 e. The molecule has 1 saturated heterocycles. The van der Waals surface area contributed by atoms with Gasteiger partial charge in [-0.05, 0) is 5.57 Å². The zero-order chi connectivity index (χ0) is 8.65. The maximum atomic E-state index is 11.2. The van der Waals surface area contributed by atoms with Crippen LogP contribution in [0.25, 0.3) is 0 Å². The van der Waals surface area contributed by atoms with E-state index in [1.807, 2.05) is 0 Å². The van der Waals surface area contributed by atoms with Gasteiger partial charge in [0, 0.05) is 0 Å². The van der Waals surface area contributed by atoms with E-state index < -0.39 is 8.07 Å². The van der Waals surface area contributed by atoms with Crippen molar-refractivity contribution in [3.05, 3.63) is 12.2 Å². The van der Waals surface area contributed by atoms with Crippen LogP contribution < -0.4 is 0 Å². The van der Waals surface area contributed by atoms with Gasteiger partial charge in [-0.3, -0.25) is 4.79 Å². The van der Waals surface area contributed by atoms with Gasteiger partial charge in [-0.15, -0.1) is 0 Å². The van der Waals surface area contributed by atoms with Crippen LogP contribution in [-0.2, 0) is 9.53 Å². The number of cyclic esters (lactones) is 1. The van der Waals surface area contributed by atoms with E-state index >= 15 is 0 Å². The average molecular weight is 170 g/mol. The highest BCUT2D eigenvalue weighted by atomic mass is 28.3. The summed E-state index contributed by atoms with van der Waals surface area (Å²) in [6.07, 6.45) is 0. The summed E-state index contributed by atoms with van der Waals surface area (Å²) in [5.41, 5.74) is 0.997. The number of hydrogen-bond acceptors (Lipinski definition) is 2. The number of carbonyl (C=O) groups is 1. The molecule has 1 unspecified atom stereocenters. The van der Waals surface area contributed by atoms with Gasteiger partial charge < -0.3 is 4.74 Å². The molecular weight excluding hydrogens is 156 g/mol. The summed E-state index contributed by atoms with van der Waals surface area (Å²) < 4.78 is 4.90. The van der Waals surface area contributed by atoms with E-state index in [0.717, 1.165) is 5.57 Å². The topological polar surface area (TPSA) is 26.3 Å². The molecule has 0 bridgehead atoms. The highest BCUT2D eigenvalue weighted by molar-refractivity contribution is 6.81. The van der Waals surface area contributed by atoms with E-state index in [0.29, 0.717) is 6.61 Å². The molecule has 1 rings (SSSR count).